The minimum atomic E-state index is 0. The van der Waals surface area contributed by atoms with E-state index in [4.69, 9.17) is 0 Å². The first-order valence-electron chi connectivity index (χ1n) is 9.70. The number of aryl methyl sites for hydroxylation is 1. The highest BCUT2D eigenvalue weighted by molar-refractivity contribution is 7.14. The number of aromatic nitrogens is 2. The molecule has 1 saturated heterocycles. The average molecular weight is 447 g/mol. The number of hydrogen-bond acceptors (Lipinski definition) is 6. The number of anilines is 1. The van der Waals surface area contributed by atoms with Crippen LogP contribution < -0.4 is 10.5 Å². The molecule has 0 amide bonds. The lowest BCUT2D eigenvalue weighted by Crippen LogP contribution is -2.47. The lowest BCUT2D eigenvalue weighted by Gasteiger charge is -2.35. The van der Waals surface area contributed by atoms with E-state index in [1.807, 2.05) is 28.2 Å². The van der Waals surface area contributed by atoms with Crippen molar-refractivity contribution in [3.63, 3.8) is 0 Å². The van der Waals surface area contributed by atoms with Gasteiger partial charge < -0.3 is 4.90 Å². The van der Waals surface area contributed by atoms with E-state index >= 15 is 0 Å². The first-order chi connectivity index (χ1) is 13.8. The van der Waals surface area contributed by atoms with Gasteiger partial charge in [-0.05, 0) is 42.2 Å². The van der Waals surface area contributed by atoms with Crippen molar-refractivity contribution in [1.29, 1.82) is 0 Å². The summed E-state index contributed by atoms with van der Waals surface area (Å²) in [6.45, 7) is 5.95. The summed E-state index contributed by atoms with van der Waals surface area (Å²) in [6.07, 6.45) is 1.01. The van der Waals surface area contributed by atoms with Gasteiger partial charge in [-0.1, -0.05) is 35.8 Å². The molecule has 0 bridgehead atoms. The second kappa shape index (κ2) is 8.83. The van der Waals surface area contributed by atoms with E-state index in [2.05, 4.69) is 38.4 Å². The zero-order valence-electron chi connectivity index (χ0n) is 16.0. The highest BCUT2D eigenvalue weighted by atomic mass is 35.5. The Morgan fingerprint density at radius 2 is 1.55 bits per heavy atom. The fourth-order valence-corrected chi connectivity index (χ4v) is 5.71. The Hall–Kier alpha value is -1.93. The smallest absolute Gasteiger partial charge is 0.268 e. The molecular formula is C21H23ClN4OS2. The van der Waals surface area contributed by atoms with Crippen molar-refractivity contribution in [2.75, 3.05) is 37.6 Å². The van der Waals surface area contributed by atoms with Crippen molar-refractivity contribution in [3.8, 4) is 0 Å². The van der Waals surface area contributed by atoms with Gasteiger partial charge in [0.05, 0.1) is 14.8 Å². The first-order valence-corrected chi connectivity index (χ1v) is 11.2. The van der Waals surface area contributed by atoms with Crippen LogP contribution in [0.1, 0.15) is 6.42 Å². The van der Waals surface area contributed by atoms with Gasteiger partial charge in [0.1, 0.15) is 5.82 Å². The molecule has 2 aromatic heterocycles. The van der Waals surface area contributed by atoms with Crippen LogP contribution >= 0.6 is 35.5 Å². The standard InChI is InChI=1S/C21H22N4OS2.ClH/c26-21-17-7-2-4-9-19(17)28-25(21)11-5-10-23-12-14-24(15-13-23)20-16-6-1-3-8-18(16)27-22-20;/h1-4,6-9H,5,10-15H2;1H. The van der Waals surface area contributed by atoms with E-state index in [1.165, 1.54) is 10.1 Å². The van der Waals surface area contributed by atoms with Gasteiger partial charge in [-0.3, -0.25) is 13.7 Å². The monoisotopic (exact) mass is 446 g/mol. The third-order valence-corrected chi connectivity index (χ3v) is 7.36. The van der Waals surface area contributed by atoms with E-state index in [-0.39, 0.29) is 18.0 Å². The summed E-state index contributed by atoms with van der Waals surface area (Å²) in [4.78, 5) is 17.4. The molecule has 5 nitrogen and oxygen atoms in total. The summed E-state index contributed by atoms with van der Waals surface area (Å²) in [5, 5.41) is 2.11. The SMILES string of the molecule is Cl.O=c1c2ccccc2sn1CCCN1CCN(c2nsc3ccccc23)CC1. The summed E-state index contributed by atoms with van der Waals surface area (Å²) in [6, 6.07) is 16.4. The Labute approximate surface area is 183 Å². The lowest BCUT2D eigenvalue weighted by molar-refractivity contribution is 0.251. The Morgan fingerprint density at radius 1 is 0.862 bits per heavy atom. The zero-order chi connectivity index (χ0) is 18.9. The van der Waals surface area contributed by atoms with Gasteiger partial charge in [-0.2, -0.15) is 4.37 Å². The quantitative estimate of drug-likeness (QED) is 0.458. The van der Waals surface area contributed by atoms with Gasteiger partial charge in [0.25, 0.3) is 5.56 Å². The molecule has 4 aromatic rings. The molecule has 0 aliphatic carbocycles. The van der Waals surface area contributed by atoms with E-state index in [1.54, 1.807) is 23.1 Å². The van der Waals surface area contributed by atoms with Gasteiger partial charge in [0.15, 0.2) is 0 Å². The maximum atomic E-state index is 12.4. The Morgan fingerprint density at radius 3 is 2.31 bits per heavy atom. The van der Waals surface area contributed by atoms with Crippen LogP contribution in [0, 0.1) is 0 Å². The van der Waals surface area contributed by atoms with Crippen molar-refractivity contribution in [2.24, 2.45) is 0 Å². The number of rotatable bonds is 5. The minimum Gasteiger partial charge on any atom is -0.353 e. The van der Waals surface area contributed by atoms with Crippen LogP contribution in [-0.4, -0.2) is 46.0 Å². The Bertz CT molecular complexity index is 1160. The summed E-state index contributed by atoms with van der Waals surface area (Å²) < 4.78 is 8.93. The van der Waals surface area contributed by atoms with Gasteiger partial charge in [0.2, 0.25) is 0 Å². The topological polar surface area (TPSA) is 41.4 Å². The highest BCUT2D eigenvalue weighted by Gasteiger charge is 2.20. The van der Waals surface area contributed by atoms with E-state index in [0.29, 0.717) is 0 Å². The van der Waals surface area contributed by atoms with Crippen molar-refractivity contribution < 1.29 is 0 Å². The number of piperazine rings is 1. The fourth-order valence-electron chi connectivity index (χ4n) is 3.89. The predicted molar refractivity (Wildman–Crippen MR) is 126 cm³/mol. The molecule has 0 spiro atoms. The van der Waals surface area contributed by atoms with Crippen molar-refractivity contribution in [1.82, 2.24) is 13.2 Å². The zero-order valence-corrected chi connectivity index (χ0v) is 18.4. The first kappa shape index (κ1) is 20.3. The molecule has 2 aromatic carbocycles. The van der Waals surface area contributed by atoms with Crippen LogP contribution in [0.2, 0.25) is 0 Å². The van der Waals surface area contributed by atoms with Crippen molar-refractivity contribution in [2.45, 2.75) is 13.0 Å². The van der Waals surface area contributed by atoms with Crippen molar-refractivity contribution in [3.05, 3.63) is 58.9 Å². The van der Waals surface area contributed by atoms with E-state index in [9.17, 15) is 4.79 Å². The average Bonchev–Trinajstić information content (AvgIpc) is 3.31. The third-order valence-electron chi connectivity index (χ3n) is 5.42. The number of hydrogen-bond donors (Lipinski definition) is 0. The molecule has 29 heavy (non-hydrogen) atoms. The molecule has 0 saturated carbocycles. The Balaban J connectivity index is 0.00000205. The van der Waals surface area contributed by atoms with E-state index in [0.717, 1.165) is 61.6 Å². The number of fused-ring (bicyclic) bond motifs is 2. The van der Waals surface area contributed by atoms with Gasteiger partial charge in [-0.15, -0.1) is 12.4 Å². The molecule has 152 valence electrons. The Kier molecular flexibility index (Phi) is 6.20. The molecule has 0 atom stereocenters. The predicted octanol–water partition coefficient (Wildman–Crippen LogP) is 4.31. The molecule has 1 aliphatic rings. The summed E-state index contributed by atoms with van der Waals surface area (Å²) in [7, 11) is 0. The largest absolute Gasteiger partial charge is 0.353 e. The maximum Gasteiger partial charge on any atom is 0.268 e. The second-order valence-electron chi connectivity index (χ2n) is 7.18. The van der Waals surface area contributed by atoms with Gasteiger partial charge >= 0.3 is 0 Å². The van der Waals surface area contributed by atoms with Crippen LogP contribution in [0.5, 0.6) is 0 Å². The van der Waals surface area contributed by atoms with E-state index < -0.39 is 0 Å². The number of nitrogens with zero attached hydrogens (tertiary/aromatic N) is 4. The highest BCUT2D eigenvalue weighted by Crippen LogP contribution is 2.29. The third kappa shape index (κ3) is 4.05. The summed E-state index contributed by atoms with van der Waals surface area (Å²) in [5.74, 6) is 1.14. The molecule has 1 aliphatic heterocycles. The summed E-state index contributed by atoms with van der Waals surface area (Å²) >= 11 is 3.17. The number of halogens is 1. The summed E-state index contributed by atoms with van der Waals surface area (Å²) in [5.41, 5.74) is 0.154. The molecule has 8 heteroatoms. The van der Waals surface area contributed by atoms with Gasteiger partial charge in [0, 0.05) is 44.7 Å². The minimum absolute atomic E-state index is 0. The molecular weight excluding hydrogens is 424 g/mol. The maximum absolute atomic E-state index is 12.4. The van der Waals surface area contributed by atoms with Crippen LogP contribution in [0.4, 0.5) is 5.82 Å². The lowest BCUT2D eigenvalue weighted by atomic mass is 10.2. The van der Waals surface area contributed by atoms with Crippen LogP contribution in [-0.2, 0) is 6.54 Å². The second-order valence-corrected chi connectivity index (χ2v) is 9.05. The molecule has 0 N–H and O–H groups in total. The van der Waals surface area contributed by atoms with Crippen LogP contribution in [0.25, 0.3) is 20.2 Å². The van der Waals surface area contributed by atoms with Crippen molar-refractivity contribution >= 4 is 61.5 Å². The van der Waals surface area contributed by atoms with Crippen LogP contribution in [0.15, 0.2) is 53.3 Å². The molecule has 0 unspecified atom stereocenters. The number of benzene rings is 2. The molecule has 3 heterocycles. The van der Waals surface area contributed by atoms with Crippen LogP contribution in [0.3, 0.4) is 0 Å². The normalized spacial score (nSPS) is 15.1. The van der Waals surface area contributed by atoms with Gasteiger partial charge in [-0.25, -0.2) is 0 Å². The molecule has 5 rings (SSSR count). The molecule has 0 radical (unpaired) electrons. The fraction of sp³-hybridized carbons (Fsp3) is 0.333. The molecule has 1 fully saturated rings.